The Morgan fingerprint density at radius 2 is 1.71 bits per heavy atom. The molecule has 0 radical (unpaired) electrons. The van der Waals surface area contributed by atoms with E-state index in [2.05, 4.69) is 40.5 Å². The summed E-state index contributed by atoms with van der Waals surface area (Å²) in [6.45, 7) is 6.24. The number of unbranched alkanes of at least 4 members (excludes halogenated alkanes) is 3. The molecule has 1 aromatic carbocycles. The molecule has 0 amide bonds. The zero-order chi connectivity index (χ0) is 14.9. The molecule has 4 heteroatoms. The van der Waals surface area contributed by atoms with Gasteiger partial charge in [-0.25, -0.2) is 4.98 Å². The van der Waals surface area contributed by atoms with E-state index in [0.29, 0.717) is 5.95 Å². The maximum atomic E-state index is 4.62. The molecule has 0 spiro atoms. The van der Waals surface area contributed by atoms with E-state index in [9.17, 15) is 0 Å². The van der Waals surface area contributed by atoms with E-state index in [0.717, 1.165) is 36.2 Å². The number of nitrogens with zero attached hydrogens (tertiary/aromatic N) is 2. The topological polar surface area (TPSA) is 49.8 Å². The van der Waals surface area contributed by atoms with Gasteiger partial charge in [0.05, 0.1) is 5.52 Å². The first-order chi connectivity index (χ1) is 10.3. The van der Waals surface area contributed by atoms with Crippen LogP contribution in [0.25, 0.3) is 10.9 Å². The Labute approximate surface area is 127 Å². The van der Waals surface area contributed by atoms with Crippen LogP contribution in [0.5, 0.6) is 0 Å². The Balaban J connectivity index is 2.11. The normalized spacial score (nSPS) is 10.8. The van der Waals surface area contributed by atoms with Crippen LogP contribution in [0.3, 0.4) is 0 Å². The number of hydrogen-bond donors (Lipinski definition) is 2. The van der Waals surface area contributed by atoms with Crippen molar-refractivity contribution in [1.29, 1.82) is 0 Å². The molecule has 2 N–H and O–H groups in total. The maximum absolute atomic E-state index is 4.62. The van der Waals surface area contributed by atoms with E-state index < -0.39 is 0 Å². The molecule has 2 aromatic rings. The van der Waals surface area contributed by atoms with Gasteiger partial charge in [-0.3, -0.25) is 0 Å². The van der Waals surface area contributed by atoms with Crippen LogP contribution in [-0.2, 0) is 0 Å². The van der Waals surface area contributed by atoms with Crippen molar-refractivity contribution in [3.63, 3.8) is 0 Å². The van der Waals surface area contributed by atoms with E-state index in [1.165, 1.54) is 25.7 Å². The third-order valence-electron chi connectivity index (χ3n) is 3.46. The van der Waals surface area contributed by atoms with Gasteiger partial charge in [0.2, 0.25) is 5.95 Å². The molecule has 0 unspecified atom stereocenters. The SMILES string of the molecule is CCCCCCNc1nc(NCCC)nc2ccccc12. The van der Waals surface area contributed by atoms with E-state index in [1.54, 1.807) is 0 Å². The zero-order valence-electron chi connectivity index (χ0n) is 13.2. The molecule has 1 heterocycles. The molecule has 1 aromatic heterocycles. The molecule has 0 fully saturated rings. The summed E-state index contributed by atoms with van der Waals surface area (Å²) in [5.41, 5.74) is 0.988. The maximum Gasteiger partial charge on any atom is 0.225 e. The van der Waals surface area contributed by atoms with Crippen molar-refractivity contribution in [2.24, 2.45) is 0 Å². The summed E-state index contributed by atoms with van der Waals surface area (Å²) in [5.74, 6) is 1.65. The molecule has 0 atom stereocenters. The van der Waals surface area contributed by atoms with Gasteiger partial charge in [0.1, 0.15) is 5.82 Å². The molecule has 2 rings (SSSR count). The lowest BCUT2D eigenvalue weighted by molar-refractivity contribution is 0.684. The lowest BCUT2D eigenvalue weighted by Crippen LogP contribution is -2.09. The Morgan fingerprint density at radius 3 is 2.52 bits per heavy atom. The Hall–Kier alpha value is -1.84. The first-order valence-corrected chi connectivity index (χ1v) is 8.09. The highest BCUT2D eigenvalue weighted by Gasteiger charge is 2.06. The number of benzene rings is 1. The fourth-order valence-corrected chi connectivity index (χ4v) is 2.29. The second-order valence-electron chi connectivity index (χ2n) is 5.33. The molecule has 21 heavy (non-hydrogen) atoms. The highest BCUT2D eigenvalue weighted by molar-refractivity contribution is 5.89. The number of anilines is 2. The highest BCUT2D eigenvalue weighted by atomic mass is 15.1. The van der Waals surface area contributed by atoms with Gasteiger partial charge >= 0.3 is 0 Å². The van der Waals surface area contributed by atoms with Crippen LogP contribution in [0, 0.1) is 0 Å². The molecule has 114 valence electrons. The van der Waals surface area contributed by atoms with Gasteiger partial charge in [-0.05, 0) is 25.0 Å². The van der Waals surface area contributed by atoms with Gasteiger partial charge < -0.3 is 10.6 Å². The molecular formula is C17H26N4. The minimum Gasteiger partial charge on any atom is -0.369 e. The number of rotatable bonds is 9. The molecule has 0 saturated carbocycles. The highest BCUT2D eigenvalue weighted by Crippen LogP contribution is 2.21. The molecule has 0 saturated heterocycles. The summed E-state index contributed by atoms with van der Waals surface area (Å²) < 4.78 is 0. The first-order valence-electron chi connectivity index (χ1n) is 8.09. The van der Waals surface area contributed by atoms with Crippen molar-refractivity contribution in [1.82, 2.24) is 9.97 Å². The van der Waals surface area contributed by atoms with Crippen molar-refractivity contribution in [2.75, 3.05) is 23.7 Å². The number of fused-ring (bicyclic) bond motifs is 1. The average Bonchev–Trinajstić information content (AvgIpc) is 2.52. The largest absolute Gasteiger partial charge is 0.369 e. The third kappa shape index (κ3) is 4.59. The summed E-state index contributed by atoms with van der Waals surface area (Å²) in [4.78, 5) is 9.19. The van der Waals surface area contributed by atoms with Gasteiger partial charge in [-0.15, -0.1) is 0 Å². The minimum atomic E-state index is 0.714. The third-order valence-corrected chi connectivity index (χ3v) is 3.46. The van der Waals surface area contributed by atoms with Crippen molar-refractivity contribution >= 4 is 22.7 Å². The van der Waals surface area contributed by atoms with Gasteiger partial charge in [-0.2, -0.15) is 4.98 Å². The Kier molecular flexibility index (Phi) is 6.25. The van der Waals surface area contributed by atoms with E-state index in [-0.39, 0.29) is 0 Å². The smallest absolute Gasteiger partial charge is 0.225 e. The number of aromatic nitrogens is 2. The summed E-state index contributed by atoms with van der Waals surface area (Å²) >= 11 is 0. The van der Waals surface area contributed by atoms with Gasteiger partial charge in [-0.1, -0.05) is 45.2 Å². The summed E-state index contributed by atoms with van der Waals surface area (Å²) in [5, 5.41) is 7.84. The van der Waals surface area contributed by atoms with Crippen LogP contribution < -0.4 is 10.6 Å². The van der Waals surface area contributed by atoms with Crippen molar-refractivity contribution in [3.8, 4) is 0 Å². The quantitative estimate of drug-likeness (QED) is 0.669. The summed E-state index contributed by atoms with van der Waals surface area (Å²) in [6.07, 6.45) is 6.09. The summed E-state index contributed by atoms with van der Waals surface area (Å²) in [7, 11) is 0. The monoisotopic (exact) mass is 286 g/mol. The van der Waals surface area contributed by atoms with Crippen molar-refractivity contribution < 1.29 is 0 Å². The fourth-order valence-electron chi connectivity index (χ4n) is 2.29. The second kappa shape index (κ2) is 8.45. The second-order valence-corrected chi connectivity index (χ2v) is 5.33. The molecule has 0 aliphatic heterocycles. The van der Waals surface area contributed by atoms with Crippen LogP contribution in [0.15, 0.2) is 24.3 Å². The minimum absolute atomic E-state index is 0.714. The Bertz CT molecular complexity index is 553. The molecule has 0 aliphatic rings. The number of para-hydroxylation sites is 1. The predicted molar refractivity (Wildman–Crippen MR) is 91.0 cm³/mol. The average molecular weight is 286 g/mol. The number of hydrogen-bond acceptors (Lipinski definition) is 4. The molecule has 0 bridgehead atoms. The zero-order valence-corrected chi connectivity index (χ0v) is 13.2. The lowest BCUT2D eigenvalue weighted by Gasteiger charge is -2.11. The van der Waals surface area contributed by atoms with Crippen LogP contribution in [0.4, 0.5) is 11.8 Å². The van der Waals surface area contributed by atoms with Crippen molar-refractivity contribution in [3.05, 3.63) is 24.3 Å². The number of nitrogens with one attached hydrogen (secondary N) is 2. The van der Waals surface area contributed by atoms with Gasteiger partial charge in [0, 0.05) is 18.5 Å². The summed E-state index contributed by atoms with van der Waals surface area (Å²) in [6, 6.07) is 8.17. The molecule has 4 nitrogen and oxygen atoms in total. The van der Waals surface area contributed by atoms with Gasteiger partial charge in [0.15, 0.2) is 0 Å². The van der Waals surface area contributed by atoms with Crippen molar-refractivity contribution in [2.45, 2.75) is 46.0 Å². The standard InChI is InChI=1S/C17H26N4/c1-3-5-6-9-13-18-16-14-10-7-8-11-15(14)20-17(21-16)19-12-4-2/h7-8,10-11H,3-6,9,12-13H2,1-2H3,(H2,18,19,20,21). The van der Waals surface area contributed by atoms with E-state index in [1.807, 2.05) is 18.2 Å². The molecular weight excluding hydrogens is 260 g/mol. The van der Waals surface area contributed by atoms with Crippen LogP contribution in [0.1, 0.15) is 46.0 Å². The first kappa shape index (κ1) is 15.5. The van der Waals surface area contributed by atoms with Crippen LogP contribution in [-0.4, -0.2) is 23.1 Å². The fraction of sp³-hybridized carbons (Fsp3) is 0.529. The van der Waals surface area contributed by atoms with Gasteiger partial charge in [0.25, 0.3) is 0 Å². The molecule has 0 aliphatic carbocycles. The van der Waals surface area contributed by atoms with Crippen LogP contribution >= 0.6 is 0 Å². The van der Waals surface area contributed by atoms with E-state index >= 15 is 0 Å². The van der Waals surface area contributed by atoms with Crippen LogP contribution in [0.2, 0.25) is 0 Å². The predicted octanol–water partition coefficient (Wildman–Crippen LogP) is 4.44. The lowest BCUT2D eigenvalue weighted by atomic mass is 10.2. The Morgan fingerprint density at radius 1 is 0.857 bits per heavy atom. The van der Waals surface area contributed by atoms with E-state index in [4.69, 9.17) is 0 Å².